The first-order valence-corrected chi connectivity index (χ1v) is 18.5. The molecule has 0 unspecified atom stereocenters. The molecule has 0 bridgehead atoms. The summed E-state index contributed by atoms with van der Waals surface area (Å²) in [4.78, 5) is 0. The van der Waals surface area contributed by atoms with Gasteiger partial charge in [-0.3, -0.25) is 0 Å². The molecule has 0 N–H and O–H groups in total. The van der Waals surface area contributed by atoms with Crippen molar-refractivity contribution in [2.75, 3.05) is 42.7 Å². The normalized spacial score (nSPS) is 12.8. The topological polar surface area (TPSA) is 55.4 Å². The molecule has 40 heavy (non-hydrogen) atoms. The molecule has 0 saturated carbocycles. The van der Waals surface area contributed by atoms with Crippen LogP contribution in [0.5, 0.6) is 0 Å². The molecule has 0 aliphatic heterocycles. The van der Waals surface area contributed by atoms with Crippen LogP contribution >= 0.6 is 0 Å². The molecule has 0 atom stereocenters. The van der Waals surface area contributed by atoms with Crippen LogP contribution in [0.15, 0.2) is 121 Å². The molecule has 0 aliphatic carbocycles. The van der Waals surface area contributed by atoms with Crippen LogP contribution in [-0.4, -0.2) is 68.3 Å². The zero-order valence-electron chi connectivity index (χ0n) is 24.0. The molecule has 0 saturated heterocycles. The van der Waals surface area contributed by atoms with E-state index in [2.05, 4.69) is 48.5 Å². The summed E-state index contributed by atoms with van der Waals surface area (Å²) in [6, 6.07) is 40.5. The van der Waals surface area contributed by atoms with E-state index in [9.17, 15) is 0 Å². The molecule has 0 aromatic heterocycles. The first-order chi connectivity index (χ1) is 19.5. The lowest BCUT2D eigenvalue weighted by Crippen LogP contribution is -2.93. The summed E-state index contributed by atoms with van der Waals surface area (Å²) in [5.41, 5.74) is 0.910. The summed E-state index contributed by atoms with van der Waals surface area (Å²) in [5, 5.41) is 2.73. The highest BCUT2D eigenvalue weighted by Crippen LogP contribution is 2.50. The Morgan fingerprint density at radius 3 is 0.800 bits per heavy atom. The van der Waals surface area contributed by atoms with Crippen LogP contribution in [0.2, 0.25) is 0 Å². The molecule has 210 valence electrons. The van der Waals surface area contributed by atoms with Crippen LogP contribution in [0, 0.1) is 0 Å². The molecule has 6 nitrogen and oxygen atoms in total. The highest BCUT2D eigenvalue weighted by molar-refractivity contribution is 7.17. The first kappa shape index (κ1) is 30.3. The van der Waals surface area contributed by atoms with Crippen molar-refractivity contribution in [2.45, 2.75) is 4.28 Å². The van der Waals surface area contributed by atoms with Gasteiger partial charge in [-0.15, -0.1) is 0 Å². The predicted octanol–water partition coefficient (Wildman–Crippen LogP) is 3.47. The second-order valence-electron chi connectivity index (χ2n) is 9.29. The van der Waals surface area contributed by atoms with Gasteiger partial charge in [-0.05, 0) is 21.1 Å². The lowest BCUT2D eigenvalue weighted by molar-refractivity contribution is 0.176. The standard InChI is InChI=1S/C31H38O6Si3/c1-32-38(33-2,28-21-13-8-14-22-28)31(27-19-11-7-12-20-27,39(34-3,35-4)29-23-15-9-16-24-29)40(36-5,37-6)30-25-17-10-18-26-30/h7-26H,1-6H3. The van der Waals surface area contributed by atoms with Crippen molar-refractivity contribution in [1.82, 2.24) is 0 Å². The van der Waals surface area contributed by atoms with Gasteiger partial charge >= 0.3 is 25.7 Å². The minimum Gasteiger partial charge on any atom is -0.394 e. The van der Waals surface area contributed by atoms with Crippen LogP contribution in [0.4, 0.5) is 0 Å². The van der Waals surface area contributed by atoms with E-state index >= 15 is 0 Å². The van der Waals surface area contributed by atoms with Gasteiger partial charge in [0, 0.05) is 42.7 Å². The Bertz CT molecular complexity index is 1180. The summed E-state index contributed by atoms with van der Waals surface area (Å²) in [6.07, 6.45) is 0. The van der Waals surface area contributed by atoms with Gasteiger partial charge in [-0.2, -0.15) is 0 Å². The Hall–Kier alpha value is -2.71. The molecule has 9 heteroatoms. The molecule has 4 aromatic rings. The fourth-order valence-corrected chi connectivity index (χ4v) is 26.5. The minimum atomic E-state index is -3.74. The van der Waals surface area contributed by atoms with Crippen LogP contribution in [0.3, 0.4) is 0 Å². The largest absolute Gasteiger partial charge is 0.394 e. The van der Waals surface area contributed by atoms with Gasteiger partial charge in [0.15, 0.2) is 0 Å². The Morgan fingerprint density at radius 1 is 0.350 bits per heavy atom. The quantitative estimate of drug-likeness (QED) is 0.222. The average Bonchev–Trinajstić information content (AvgIpc) is 3.05. The molecule has 0 radical (unpaired) electrons. The van der Waals surface area contributed by atoms with Crippen molar-refractivity contribution < 1.29 is 26.6 Å². The summed E-state index contributed by atoms with van der Waals surface area (Å²) in [7, 11) is -0.929. The van der Waals surface area contributed by atoms with Gasteiger partial charge < -0.3 is 26.6 Å². The summed E-state index contributed by atoms with van der Waals surface area (Å²) < 4.78 is 39.8. The third-order valence-corrected chi connectivity index (χ3v) is 24.4. The van der Waals surface area contributed by atoms with Crippen molar-refractivity contribution in [3.05, 3.63) is 127 Å². The first-order valence-electron chi connectivity index (χ1n) is 13.1. The number of hydrogen-bond acceptors (Lipinski definition) is 6. The summed E-state index contributed by atoms with van der Waals surface area (Å²) >= 11 is 0. The summed E-state index contributed by atoms with van der Waals surface area (Å²) in [6.45, 7) is 0. The predicted molar refractivity (Wildman–Crippen MR) is 166 cm³/mol. The van der Waals surface area contributed by atoms with E-state index in [-0.39, 0.29) is 0 Å². The second-order valence-corrected chi connectivity index (χ2v) is 20.9. The lowest BCUT2D eigenvalue weighted by Gasteiger charge is -2.58. The van der Waals surface area contributed by atoms with E-state index < -0.39 is 30.0 Å². The maximum Gasteiger partial charge on any atom is 0.387 e. The van der Waals surface area contributed by atoms with Crippen molar-refractivity contribution in [3.8, 4) is 0 Å². The Balaban J connectivity index is 2.40. The van der Waals surface area contributed by atoms with Crippen molar-refractivity contribution >= 4 is 41.2 Å². The molecule has 0 heterocycles. The van der Waals surface area contributed by atoms with Crippen molar-refractivity contribution in [2.24, 2.45) is 0 Å². The Kier molecular flexibility index (Phi) is 9.72. The molecule has 4 aromatic carbocycles. The zero-order chi connectivity index (χ0) is 28.7. The van der Waals surface area contributed by atoms with Crippen LogP contribution in [-0.2, 0) is 30.8 Å². The molecule has 4 rings (SSSR count). The average molecular weight is 591 g/mol. The van der Waals surface area contributed by atoms with E-state index in [4.69, 9.17) is 26.6 Å². The fourth-order valence-electron chi connectivity index (χ4n) is 6.41. The maximum absolute atomic E-state index is 6.82. The molecular formula is C31H38O6Si3. The lowest BCUT2D eigenvalue weighted by atomic mass is 10.2. The highest BCUT2D eigenvalue weighted by atomic mass is 28.5. The maximum atomic E-state index is 6.82. The van der Waals surface area contributed by atoms with Gasteiger partial charge in [0.05, 0.1) is 0 Å². The van der Waals surface area contributed by atoms with E-state index in [1.54, 1.807) is 42.7 Å². The third kappa shape index (κ3) is 4.30. The monoisotopic (exact) mass is 590 g/mol. The van der Waals surface area contributed by atoms with Crippen molar-refractivity contribution in [1.29, 1.82) is 0 Å². The number of benzene rings is 4. The van der Waals surface area contributed by atoms with Gasteiger partial charge in [-0.25, -0.2) is 0 Å². The molecular weight excluding hydrogens is 553 g/mol. The van der Waals surface area contributed by atoms with E-state index in [1.165, 1.54) is 0 Å². The fraction of sp³-hybridized carbons (Fsp3) is 0.226. The zero-order valence-corrected chi connectivity index (χ0v) is 27.0. The highest BCUT2D eigenvalue weighted by Gasteiger charge is 2.85. The molecule has 0 fully saturated rings. The van der Waals surface area contributed by atoms with E-state index in [1.807, 2.05) is 72.8 Å². The third-order valence-electron chi connectivity index (χ3n) is 7.87. The minimum absolute atomic E-state index is 0.910. The Morgan fingerprint density at radius 2 is 0.575 bits per heavy atom. The van der Waals surface area contributed by atoms with E-state index in [0.29, 0.717) is 0 Å². The van der Waals surface area contributed by atoms with Gasteiger partial charge in [-0.1, -0.05) is 121 Å². The smallest absolute Gasteiger partial charge is 0.387 e. The SMILES string of the molecule is CO[Si](OC)(c1ccccc1)C(c1ccccc1)([Si](OC)(OC)c1ccccc1)[Si](OC)(OC)c1ccccc1. The van der Waals surface area contributed by atoms with Gasteiger partial charge in [0.1, 0.15) is 4.28 Å². The van der Waals surface area contributed by atoms with Crippen LogP contribution < -0.4 is 15.6 Å². The van der Waals surface area contributed by atoms with E-state index in [0.717, 1.165) is 21.1 Å². The van der Waals surface area contributed by atoms with Crippen LogP contribution in [0.1, 0.15) is 5.56 Å². The van der Waals surface area contributed by atoms with Crippen molar-refractivity contribution in [3.63, 3.8) is 0 Å². The second kappa shape index (κ2) is 12.9. The van der Waals surface area contributed by atoms with Gasteiger partial charge in [0.25, 0.3) is 0 Å². The van der Waals surface area contributed by atoms with Gasteiger partial charge in [0.2, 0.25) is 0 Å². The number of hydrogen-bond donors (Lipinski definition) is 0. The molecule has 0 aliphatic rings. The summed E-state index contributed by atoms with van der Waals surface area (Å²) in [5.74, 6) is 0. The number of rotatable bonds is 13. The Labute approximate surface area is 241 Å². The molecule has 0 spiro atoms. The molecule has 0 amide bonds. The van der Waals surface area contributed by atoms with Crippen LogP contribution in [0.25, 0.3) is 0 Å².